The standard InChI is InChI=1S/C30H28N2O5S/c1-35-17-15-31(16-18-36-2)29(33)26-20-25(30(34)32-14-12-22-13-19-38-28(22)27(26)32)21-8-10-24(11-9-21)37-23-6-4-3-5-7-23/h3-14,19-20H,15-18H2,1-2H3. The van der Waals surface area contributed by atoms with Crippen molar-refractivity contribution in [3.05, 3.63) is 100 Å². The maximum Gasteiger partial charge on any atom is 0.263 e. The summed E-state index contributed by atoms with van der Waals surface area (Å²) in [6, 6.07) is 22.5. The van der Waals surface area contributed by atoms with Gasteiger partial charge in [0.25, 0.3) is 11.5 Å². The zero-order valence-electron chi connectivity index (χ0n) is 21.3. The van der Waals surface area contributed by atoms with Gasteiger partial charge in [-0.15, -0.1) is 11.3 Å². The van der Waals surface area contributed by atoms with Gasteiger partial charge in [0, 0.05) is 39.1 Å². The molecule has 5 rings (SSSR count). The number of aromatic nitrogens is 1. The van der Waals surface area contributed by atoms with Crippen LogP contribution in [-0.2, 0) is 9.47 Å². The Bertz CT molecular complexity index is 1600. The average molecular weight is 529 g/mol. The zero-order valence-corrected chi connectivity index (χ0v) is 22.1. The van der Waals surface area contributed by atoms with Crippen molar-refractivity contribution in [2.75, 3.05) is 40.5 Å². The molecule has 2 aromatic carbocycles. The Kier molecular flexibility index (Phi) is 7.83. The highest BCUT2D eigenvalue weighted by atomic mass is 32.1. The molecule has 38 heavy (non-hydrogen) atoms. The van der Waals surface area contributed by atoms with Crippen LogP contribution in [0.5, 0.6) is 11.5 Å². The molecule has 0 fully saturated rings. The molecule has 0 aliphatic rings. The van der Waals surface area contributed by atoms with Gasteiger partial charge >= 0.3 is 0 Å². The molecule has 1 amide bonds. The predicted molar refractivity (Wildman–Crippen MR) is 151 cm³/mol. The van der Waals surface area contributed by atoms with Crippen LogP contribution in [0.3, 0.4) is 0 Å². The van der Waals surface area contributed by atoms with Gasteiger partial charge in [0.1, 0.15) is 11.5 Å². The number of benzene rings is 2. The molecule has 194 valence electrons. The second kappa shape index (κ2) is 11.6. The number of thiophene rings is 1. The molecule has 0 aliphatic heterocycles. The molecule has 0 atom stereocenters. The van der Waals surface area contributed by atoms with Crippen molar-refractivity contribution in [3.8, 4) is 22.6 Å². The second-order valence-corrected chi connectivity index (χ2v) is 9.65. The molecule has 0 unspecified atom stereocenters. The molecule has 0 N–H and O–H groups in total. The lowest BCUT2D eigenvalue weighted by Crippen LogP contribution is -2.37. The smallest absolute Gasteiger partial charge is 0.263 e. The van der Waals surface area contributed by atoms with E-state index in [1.165, 1.54) is 11.3 Å². The Hall–Kier alpha value is -3.98. The molecule has 0 spiro atoms. The molecular weight excluding hydrogens is 500 g/mol. The van der Waals surface area contributed by atoms with Crippen molar-refractivity contribution >= 4 is 32.8 Å². The third-order valence-electron chi connectivity index (χ3n) is 6.34. The van der Waals surface area contributed by atoms with Crippen LogP contribution in [0.25, 0.3) is 26.7 Å². The highest BCUT2D eigenvalue weighted by Gasteiger charge is 2.23. The van der Waals surface area contributed by atoms with Crippen LogP contribution in [0.2, 0.25) is 0 Å². The number of rotatable bonds is 10. The third-order valence-corrected chi connectivity index (χ3v) is 7.28. The fourth-order valence-electron chi connectivity index (χ4n) is 4.39. The first-order valence-corrected chi connectivity index (χ1v) is 13.1. The number of pyridine rings is 2. The van der Waals surface area contributed by atoms with Gasteiger partial charge in [-0.2, -0.15) is 0 Å². The normalized spacial score (nSPS) is 11.2. The van der Waals surface area contributed by atoms with E-state index in [9.17, 15) is 9.59 Å². The van der Waals surface area contributed by atoms with Gasteiger partial charge in [0.2, 0.25) is 0 Å². The maximum atomic E-state index is 14.0. The van der Waals surface area contributed by atoms with Crippen LogP contribution in [0.15, 0.2) is 89.2 Å². The van der Waals surface area contributed by atoms with Crippen LogP contribution in [0.4, 0.5) is 0 Å². The van der Waals surface area contributed by atoms with E-state index in [0.29, 0.717) is 54.3 Å². The summed E-state index contributed by atoms with van der Waals surface area (Å²) >= 11 is 1.51. The number of hydrogen-bond donors (Lipinski definition) is 0. The minimum atomic E-state index is -0.191. The molecule has 8 heteroatoms. The summed E-state index contributed by atoms with van der Waals surface area (Å²) in [5.41, 5.74) is 2.02. The van der Waals surface area contributed by atoms with Crippen molar-refractivity contribution in [1.82, 2.24) is 9.30 Å². The van der Waals surface area contributed by atoms with Crippen molar-refractivity contribution in [1.29, 1.82) is 0 Å². The van der Waals surface area contributed by atoms with Crippen LogP contribution in [0.1, 0.15) is 10.4 Å². The van der Waals surface area contributed by atoms with Gasteiger partial charge < -0.3 is 19.1 Å². The van der Waals surface area contributed by atoms with Crippen LogP contribution < -0.4 is 10.3 Å². The summed E-state index contributed by atoms with van der Waals surface area (Å²) in [5.74, 6) is 1.21. The van der Waals surface area contributed by atoms with Gasteiger partial charge in [0.05, 0.1) is 29.0 Å². The topological polar surface area (TPSA) is 69.5 Å². The van der Waals surface area contributed by atoms with E-state index < -0.39 is 0 Å². The average Bonchev–Trinajstić information content (AvgIpc) is 3.44. The number of methoxy groups -OCH3 is 2. The molecule has 0 saturated carbocycles. The summed E-state index contributed by atoms with van der Waals surface area (Å²) in [6.07, 6.45) is 1.74. The van der Waals surface area contributed by atoms with Crippen LogP contribution >= 0.6 is 11.3 Å². The van der Waals surface area contributed by atoms with Gasteiger partial charge in [-0.1, -0.05) is 30.3 Å². The minimum Gasteiger partial charge on any atom is -0.457 e. The number of carbonyl (C=O) groups excluding carboxylic acids is 1. The van der Waals surface area contributed by atoms with E-state index in [2.05, 4.69) is 0 Å². The van der Waals surface area contributed by atoms with E-state index in [1.807, 2.05) is 72.1 Å². The molecule has 3 heterocycles. The van der Waals surface area contributed by atoms with E-state index in [1.54, 1.807) is 35.8 Å². The largest absolute Gasteiger partial charge is 0.457 e. The molecule has 0 aliphatic carbocycles. The summed E-state index contributed by atoms with van der Waals surface area (Å²) in [4.78, 5) is 29.4. The number of fused-ring (bicyclic) bond motifs is 3. The van der Waals surface area contributed by atoms with Gasteiger partial charge in [-0.05, 0) is 58.8 Å². The molecule has 3 aromatic heterocycles. The summed E-state index contributed by atoms with van der Waals surface area (Å²) in [5, 5.41) is 2.95. The Balaban J connectivity index is 1.62. The summed E-state index contributed by atoms with van der Waals surface area (Å²) in [6.45, 7) is 1.60. The van der Waals surface area contributed by atoms with Crippen LogP contribution in [-0.4, -0.2) is 55.7 Å². The van der Waals surface area contributed by atoms with Gasteiger partial charge in [-0.3, -0.25) is 14.0 Å². The predicted octanol–water partition coefficient (Wildman–Crippen LogP) is 5.71. The lowest BCUT2D eigenvalue weighted by molar-refractivity contribution is 0.0629. The molecule has 7 nitrogen and oxygen atoms in total. The number of hydrogen-bond acceptors (Lipinski definition) is 6. The number of ether oxygens (including phenoxy) is 3. The first-order valence-electron chi connectivity index (χ1n) is 12.3. The van der Waals surface area contributed by atoms with Gasteiger partial charge in [0.15, 0.2) is 0 Å². The highest BCUT2D eigenvalue weighted by Crippen LogP contribution is 2.31. The number of amides is 1. The molecule has 0 saturated heterocycles. The summed E-state index contributed by atoms with van der Waals surface area (Å²) in [7, 11) is 3.21. The number of nitrogens with zero attached hydrogens (tertiary/aromatic N) is 2. The Morgan fingerprint density at radius 3 is 2.26 bits per heavy atom. The van der Waals surface area contributed by atoms with E-state index in [-0.39, 0.29) is 11.5 Å². The molecular formula is C30H28N2O5S. The van der Waals surface area contributed by atoms with Crippen molar-refractivity contribution in [3.63, 3.8) is 0 Å². The summed E-state index contributed by atoms with van der Waals surface area (Å²) < 4.78 is 18.9. The maximum absolute atomic E-state index is 14.0. The zero-order chi connectivity index (χ0) is 26.5. The monoisotopic (exact) mass is 528 g/mol. The molecule has 0 bridgehead atoms. The first kappa shape index (κ1) is 25.7. The highest BCUT2D eigenvalue weighted by molar-refractivity contribution is 7.18. The first-order chi connectivity index (χ1) is 18.6. The minimum absolute atomic E-state index is 0.178. The van der Waals surface area contributed by atoms with Crippen LogP contribution in [0, 0.1) is 0 Å². The van der Waals surface area contributed by atoms with E-state index in [0.717, 1.165) is 15.8 Å². The van der Waals surface area contributed by atoms with E-state index in [4.69, 9.17) is 14.2 Å². The Morgan fingerprint density at radius 2 is 1.58 bits per heavy atom. The van der Waals surface area contributed by atoms with Crippen molar-refractivity contribution in [2.24, 2.45) is 0 Å². The molecule has 5 aromatic rings. The lowest BCUT2D eigenvalue weighted by atomic mass is 10.0. The van der Waals surface area contributed by atoms with Crippen molar-refractivity contribution in [2.45, 2.75) is 0 Å². The second-order valence-electron chi connectivity index (χ2n) is 8.73. The lowest BCUT2D eigenvalue weighted by Gasteiger charge is -2.23. The Labute approximate surface area is 224 Å². The van der Waals surface area contributed by atoms with E-state index >= 15 is 0 Å². The van der Waals surface area contributed by atoms with Gasteiger partial charge in [-0.25, -0.2) is 0 Å². The number of para-hydroxylation sites is 1. The number of carbonyl (C=O) groups is 1. The Morgan fingerprint density at radius 1 is 0.895 bits per heavy atom. The fraction of sp³-hybridized carbons (Fsp3) is 0.200. The molecule has 0 radical (unpaired) electrons. The quantitative estimate of drug-likeness (QED) is 0.232. The van der Waals surface area contributed by atoms with Crippen molar-refractivity contribution < 1.29 is 19.0 Å². The SMILES string of the molecule is COCCN(CCOC)C(=O)c1cc(-c2ccc(Oc3ccccc3)cc2)c(=O)n2ccc3ccsc3c12. The third kappa shape index (κ3) is 5.19. The fourth-order valence-corrected chi connectivity index (χ4v) is 5.34.